The molecule has 0 unspecified atom stereocenters. The average molecular weight is 398 g/mol. The van der Waals surface area contributed by atoms with Crippen molar-refractivity contribution in [1.82, 2.24) is 4.31 Å². The Hall–Kier alpha value is -0.540. The molecule has 1 N–H and O–H groups in total. The highest BCUT2D eigenvalue weighted by atomic mass is 32.5. The number of rotatable bonds is 8. The molecule has 140 valence electrons. The van der Waals surface area contributed by atoms with Crippen molar-refractivity contribution in [1.29, 1.82) is 0 Å². The molecule has 0 atom stereocenters. The van der Waals surface area contributed by atoms with Crippen LogP contribution in [0.2, 0.25) is 0 Å². The molecular formula is C14H25NO6PS2-. The molecule has 1 aromatic carbocycles. The lowest BCUT2D eigenvalue weighted by Crippen LogP contribution is -2.30. The van der Waals surface area contributed by atoms with Crippen molar-refractivity contribution in [3.63, 3.8) is 0 Å². The minimum Gasteiger partial charge on any atom is -0.780 e. The number of sulfonamides is 1. The minimum atomic E-state index is -3.40. The van der Waals surface area contributed by atoms with Crippen LogP contribution in [0.1, 0.15) is 27.7 Å². The van der Waals surface area contributed by atoms with Crippen LogP contribution in [0.25, 0.3) is 0 Å². The Labute approximate surface area is 149 Å². The van der Waals surface area contributed by atoms with E-state index in [2.05, 4.69) is 20.9 Å². The molecule has 7 nitrogen and oxygen atoms in total. The Bertz CT molecular complexity index is 607. The van der Waals surface area contributed by atoms with E-state index in [1.54, 1.807) is 27.7 Å². The van der Waals surface area contributed by atoms with Gasteiger partial charge < -0.3 is 19.0 Å². The molecule has 0 aliphatic carbocycles. The molecule has 1 rings (SSSR count). The van der Waals surface area contributed by atoms with E-state index in [1.807, 2.05) is 0 Å². The van der Waals surface area contributed by atoms with Crippen LogP contribution in [-0.2, 0) is 30.9 Å². The molecule has 0 saturated heterocycles. The minimum absolute atomic E-state index is 0.0634. The third kappa shape index (κ3) is 8.02. The third-order valence-electron chi connectivity index (χ3n) is 2.75. The van der Waals surface area contributed by atoms with Gasteiger partial charge in [0.25, 0.3) is 0 Å². The van der Waals surface area contributed by atoms with E-state index >= 15 is 0 Å². The van der Waals surface area contributed by atoms with Crippen molar-refractivity contribution in [3.05, 3.63) is 24.3 Å². The first kappa shape index (κ1) is 23.5. The fourth-order valence-electron chi connectivity index (χ4n) is 1.68. The van der Waals surface area contributed by atoms with Crippen molar-refractivity contribution in [2.45, 2.75) is 32.6 Å². The van der Waals surface area contributed by atoms with Crippen LogP contribution < -0.4 is 4.89 Å². The summed E-state index contributed by atoms with van der Waals surface area (Å²) in [6.07, 6.45) is 0. The van der Waals surface area contributed by atoms with Crippen molar-refractivity contribution < 1.29 is 27.5 Å². The summed E-state index contributed by atoms with van der Waals surface area (Å²) in [5.74, 6) is 0.0634. The molecule has 0 aromatic heterocycles. The highest BCUT2D eigenvalue weighted by Crippen LogP contribution is 2.37. The van der Waals surface area contributed by atoms with E-state index in [0.717, 1.165) is 0 Å². The quantitative estimate of drug-likeness (QED) is 0.669. The topological polar surface area (TPSA) is 99.1 Å². The Morgan fingerprint density at radius 1 is 1.08 bits per heavy atom. The first-order valence-corrected chi connectivity index (χ1v) is 11.5. The summed E-state index contributed by atoms with van der Waals surface area (Å²) in [6, 6.07) is 5.55. The summed E-state index contributed by atoms with van der Waals surface area (Å²) >= 11 is 4.45. The second-order valence-electron chi connectivity index (χ2n) is 4.37. The highest BCUT2D eigenvalue weighted by molar-refractivity contribution is 8.06. The maximum Gasteiger partial charge on any atom is 0.243 e. The second-order valence-corrected chi connectivity index (χ2v) is 9.06. The fraction of sp³-hybridized carbons (Fsp3) is 0.571. The van der Waals surface area contributed by atoms with Crippen molar-refractivity contribution in [2.75, 3.05) is 26.3 Å². The van der Waals surface area contributed by atoms with Gasteiger partial charge in [-0.2, -0.15) is 4.31 Å². The molecule has 0 radical (unpaired) electrons. The van der Waals surface area contributed by atoms with Crippen LogP contribution in [-0.4, -0.2) is 44.1 Å². The predicted molar refractivity (Wildman–Crippen MR) is 95.8 cm³/mol. The molecule has 1 aromatic rings. The predicted octanol–water partition coefficient (Wildman–Crippen LogP) is 2.07. The van der Waals surface area contributed by atoms with Gasteiger partial charge in [-0.15, -0.1) is 0 Å². The zero-order chi connectivity index (χ0) is 18.8. The fourth-order valence-corrected chi connectivity index (χ4v) is 4.48. The van der Waals surface area contributed by atoms with Gasteiger partial charge in [-0.1, -0.05) is 25.7 Å². The van der Waals surface area contributed by atoms with E-state index < -0.39 is 16.7 Å². The number of nitrogens with zero attached hydrogens (tertiary/aromatic N) is 1. The lowest BCUT2D eigenvalue weighted by atomic mass is 10.3. The van der Waals surface area contributed by atoms with Gasteiger partial charge in [-0.25, -0.2) is 8.42 Å². The zero-order valence-corrected chi connectivity index (χ0v) is 16.9. The summed E-state index contributed by atoms with van der Waals surface area (Å²) in [7, 11) is -3.40. The molecular weight excluding hydrogens is 373 g/mol. The van der Waals surface area contributed by atoms with E-state index in [0.29, 0.717) is 26.3 Å². The molecule has 10 heteroatoms. The van der Waals surface area contributed by atoms with Crippen LogP contribution in [0.4, 0.5) is 0 Å². The molecule has 0 spiro atoms. The number of hydrogen-bond acceptors (Lipinski definition) is 7. The summed E-state index contributed by atoms with van der Waals surface area (Å²) in [5, 5.41) is 9.07. The van der Waals surface area contributed by atoms with E-state index in [1.165, 1.54) is 28.6 Å². The Morgan fingerprint density at radius 3 is 1.83 bits per heavy atom. The SMILES string of the molecule is CCN(CC)S(=O)(=O)c1ccc(O)cc1.CCOP([O-])(=S)OCC. The van der Waals surface area contributed by atoms with Crippen LogP contribution in [0, 0.1) is 0 Å². The largest absolute Gasteiger partial charge is 0.780 e. The molecule has 0 fully saturated rings. The second kappa shape index (κ2) is 11.1. The number of phenolic OH excluding ortho intramolecular Hbond substituents is 1. The maximum atomic E-state index is 12.0. The molecule has 0 aliphatic rings. The lowest BCUT2D eigenvalue weighted by Gasteiger charge is -2.25. The highest BCUT2D eigenvalue weighted by Gasteiger charge is 2.20. The monoisotopic (exact) mass is 398 g/mol. The smallest absolute Gasteiger partial charge is 0.243 e. The lowest BCUT2D eigenvalue weighted by molar-refractivity contribution is -0.205. The molecule has 0 amide bonds. The Balaban J connectivity index is 0.000000506. The number of aromatic hydroxyl groups is 1. The summed E-state index contributed by atoms with van der Waals surface area (Å²) < 4.78 is 34.5. The number of hydrogen-bond donors (Lipinski definition) is 1. The van der Waals surface area contributed by atoms with Crippen LogP contribution >= 0.6 is 6.72 Å². The summed E-state index contributed by atoms with van der Waals surface area (Å²) in [6.45, 7) is 5.47. The van der Waals surface area contributed by atoms with Crippen molar-refractivity contribution >= 4 is 28.5 Å². The summed E-state index contributed by atoms with van der Waals surface area (Å²) in [5.41, 5.74) is 0. The standard InChI is InChI=1S/C10H15NO3S.C4H11O3PS/c1-3-11(4-2)15(13,14)10-7-5-9(12)6-8-10;1-3-6-8(5,9)7-4-2/h5-8,12H,3-4H2,1-2H3;3-4H2,1-2H3,(H,5,9)/p-1. The van der Waals surface area contributed by atoms with Crippen LogP contribution in [0.5, 0.6) is 5.75 Å². The Morgan fingerprint density at radius 2 is 1.50 bits per heavy atom. The zero-order valence-electron chi connectivity index (χ0n) is 14.3. The Kier molecular flexibility index (Phi) is 10.9. The molecule has 0 heterocycles. The van der Waals surface area contributed by atoms with Crippen molar-refractivity contribution in [2.24, 2.45) is 0 Å². The van der Waals surface area contributed by atoms with Gasteiger partial charge in [0.05, 0.1) is 18.1 Å². The van der Waals surface area contributed by atoms with Crippen LogP contribution in [0.3, 0.4) is 0 Å². The molecule has 24 heavy (non-hydrogen) atoms. The van der Waals surface area contributed by atoms with Gasteiger partial charge >= 0.3 is 0 Å². The van der Waals surface area contributed by atoms with Gasteiger partial charge in [-0.05, 0) is 38.1 Å². The normalized spacial score (nSPS) is 11.9. The van der Waals surface area contributed by atoms with E-state index in [9.17, 15) is 13.3 Å². The van der Waals surface area contributed by atoms with E-state index in [4.69, 9.17) is 5.11 Å². The van der Waals surface area contributed by atoms with Gasteiger partial charge in [0.15, 0.2) is 0 Å². The summed E-state index contributed by atoms with van der Waals surface area (Å²) in [4.78, 5) is 11.0. The van der Waals surface area contributed by atoms with Crippen LogP contribution in [0.15, 0.2) is 29.2 Å². The van der Waals surface area contributed by atoms with Gasteiger partial charge in [0.2, 0.25) is 10.0 Å². The third-order valence-corrected chi connectivity index (χ3v) is 6.60. The van der Waals surface area contributed by atoms with Gasteiger partial charge in [-0.3, -0.25) is 0 Å². The number of benzene rings is 1. The molecule has 0 bridgehead atoms. The molecule has 0 aliphatic heterocycles. The van der Waals surface area contributed by atoms with Gasteiger partial charge in [0, 0.05) is 13.1 Å². The van der Waals surface area contributed by atoms with E-state index in [-0.39, 0.29) is 10.6 Å². The van der Waals surface area contributed by atoms with Crippen molar-refractivity contribution in [3.8, 4) is 5.75 Å². The average Bonchev–Trinajstić information content (AvgIpc) is 2.49. The number of phenols is 1. The maximum absolute atomic E-state index is 12.0. The first-order valence-electron chi connectivity index (χ1n) is 7.53. The molecule has 0 saturated carbocycles. The first-order chi connectivity index (χ1) is 11.1. The van der Waals surface area contributed by atoms with Gasteiger partial charge in [0.1, 0.15) is 12.5 Å².